The van der Waals surface area contributed by atoms with Gasteiger partial charge in [0, 0.05) is 11.1 Å². The van der Waals surface area contributed by atoms with Crippen LogP contribution in [0.25, 0.3) is 0 Å². The summed E-state index contributed by atoms with van der Waals surface area (Å²) in [6.07, 6.45) is 5.94. The first-order valence-corrected chi connectivity index (χ1v) is 7.74. The number of ether oxygens (including phenoxy) is 3. The Balaban J connectivity index is 1.85. The summed E-state index contributed by atoms with van der Waals surface area (Å²) in [6.45, 7) is 9.02. The van der Waals surface area contributed by atoms with Crippen LogP contribution in [0.2, 0.25) is 0 Å². The second-order valence-electron chi connectivity index (χ2n) is 5.80. The van der Waals surface area contributed by atoms with Gasteiger partial charge in [-0.25, -0.2) is 0 Å². The van der Waals surface area contributed by atoms with Crippen LogP contribution in [-0.4, -0.2) is 25.4 Å². The molecule has 0 aromatic heterocycles. The highest BCUT2D eigenvalue weighted by molar-refractivity contribution is 5.48. The maximum absolute atomic E-state index is 6.16. The van der Waals surface area contributed by atoms with Crippen LogP contribution in [0.1, 0.15) is 25.3 Å². The van der Waals surface area contributed by atoms with E-state index in [1.165, 1.54) is 5.56 Å². The van der Waals surface area contributed by atoms with Gasteiger partial charge in [0.1, 0.15) is 17.6 Å². The predicted molar refractivity (Wildman–Crippen MR) is 87.0 cm³/mol. The quantitative estimate of drug-likeness (QED) is 0.841. The third-order valence-corrected chi connectivity index (χ3v) is 3.94. The van der Waals surface area contributed by atoms with Gasteiger partial charge in [-0.05, 0) is 26.0 Å². The lowest BCUT2D eigenvalue weighted by Gasteiger charge is -2.30. The summed E-state index contributed by atoms with van der Waals surface area (Å²) in [7, 11) is 0. The zero-order valence-corrected chi connectivity index (χ0v) is 13.1. The van der Waals surface area contributed by atoms with Gasteiger partial charge < -0.3 is 14.2 Å². The highest BCUT2D eigenvalue weighted by atomic mass is 16.5. The van der Waals surface area contributed by atoms with Crippen LogP contribution < -0.4 is 4.74 Å². The third-order valence-electron chi connectivity index (χ3n) is 3.94. The van der Waals surface area contributed by atoms with E-state index in [4.69, 9.17) is 14.2 Å². The van der Waals surface area contributed by atoms with Crippen LogP contribution in [0.3, 0.4) is 0 Å². The van der Waals surface area contributed by atoms with Crippen molar-refractivity contribution in [3.8, 4) is 5.75 Å². The van der Waals surface area contributed by atoms with E-state index < -0.39 is 0 Å². The fourth-order valence-electron chi connectivity index (χ4n) is 2.93. The second kappa shape index (κ2) is 6.41. The molecule has 1 fully saturated rings. The summed E-state index contributed by atoms with van der Waals surface area (Å²) >= 11 is 0. The van der Waals surface area contributed by atoms with Crippen molar-refractivity contribution in [2.75, 3.05) is 13.2 Å². The standard InChI is InChI=1S/C19H22O3/c1-4-7-15-17(10-11-20-13(2)3)21-12-16-14-8-5-6-9-18(14)22-19(15)16/h4-10,13,16,19H,1,11-12H2,2-3H3/b15-7+,17-10+. The first kappa shape index (κ1) is 14.9. The van der Waals surface area contributed by atoms with Crippen molar-refractivity contribution < 1.29 is 14.2 Å². The van der Waals surface area contributed by atoms with Gasteiger partial charge in [0.2, 0.25) is 0 Å². The summed E-state index contributed by atoms with van der Waals surface area (Å²) in [4.78, 5) is 0. The number of para-hydroxylation sites is 1. The van der Waals surface area contributed by atoms with E-state index in [0.717, 1.165) is 17.1 Å². The maximum Gasteiger partial charge on any atom is 0.138 e. The normalized spacial score (nSPS) is 26.5. The fourth-order valence-corrected chi connectivity index (χ4v) is 2.93. The van der Waals surface area contributed by atoms with Crippen molar-refractivity contribution in [2.24, 2.45) is 0 Å². The highest BCUT2D eigenvalue weighted by Gasteiger charge is 2.41. The van der Waals surface area contributed by atoms with Gasteiger partial charge in [0.15, 0.2) is 0 Å². The number of benzene rings is 1. The Morgan fingerprint density at radius 2 is 2.18 bits per heavy atom. The van der Waals surface area contributed by atoms with Crippen molar-refractivity contribution >= 4 is 0 Å². The van der Waals surface area contributed by atoms with E-state index in [-0.39, 0.29) is 18.1 Å². The number of hydrogen-bond donors (Lipinski definition) is 0. The summed E-state index contributed by atoms with van der Waals surface area (Å²) in [5.41, 5.74) is 2.26. The zero-order chi connectivity index (χ0) is 15.5. The molecule has 2 aliphatic rings. The molecular formula is C19H22O3. The minimum Gasteiger partial charge on any atom is -0.493 e. The van der Waals surface area contributed by atoms with E-state index in [1.807, 2.05) is 44.2 Å². The largest absolute Gasteiger partial charge is 0.493 e. The van der Waals surface area contributed by atoms with Gasteiger partial charge in [0.25, 0.3) is 0 Å². The van der Waals surface area contributed by atoms with E-state index >= 15 is 0 Å². The first-order chi connectivity index (χ1) is 10.7. The van der Waals surface area contributed by atoms with Gasteiger partial charge in [-0.3, -0.25) is 0 Å². The van der Waals surface area contributed by atoms with Gasteiger partial charge in [-0.1, -0.05) is 36.9 Å². The summed E-state index contributed by atoms with van der Waals surface area (Å²) in [5, 5.41) is 0. The van der Waals surface area contributed by atoms with E-state index in [1.54, 1.807) is 6.08 Å². The summed E-state index contributed by atoms with van der Waals surface area (Å²) < 4.78 is 17.7. The van der Waals surface area contributed by atoms with Crippen LogP contribution in [-0.2, 0) is 9.47 Å². The molecule has 0 bridgehead atoms. The number of hydrogen-bond acceptors (Lipinski definition) is 3. The molecule has 0 spiro atoms. The minimum atomic E-state index is -0.00514. The molecule has 3 nitrogen and oxygen atoms in total. The average Bonchev–Trinajstić information content (AvgIpc) is 2.88. The molecule has 116 valence electrons. The molecule has 0 radical (unpaired) electrons. The molecule has 22 heavy (non-hydrogen) atoms. The molecule has 2 heterocycles. The molecule has 0 aliphatic carbocycles. The van der Waals surface area contributed by atoms with Crippen molar-refractivity contribution in [1.82, 2.24) is 0 Å². The van der Waals surface area contributed by atoms with Crippen molar-refractivity contribution in [3.05, 3.63) is 66.0 Å². The number of allylic oxidation sites excluding steroid dienone is 2. The van der Waals surface area contributed by atoms with Crippen LogP contribution in [0.5, 0.6) is 5.75 Å². The second-order valence-corrected chi connectivity index (χ2v) is 5.80. The number of fused-ring (bicyclic) bond motifs is 3. The monoisotopic (exact) mass is 298 g/mol. The van der Waals surface area contributed by atoms with Crippen LogP contribution in [0.15, 0.2) is 60.4 Å². The molecule has 2 atom stereocenters. The summed E-state index contributed by atoms with van der Waals surface area (Å²) in [6, 6.07) is 8.18. The van der Waals surface area contributed by atoms with E-state index in [2.05, 4.69) is 12.6 Å². The Bertz CT molecular complexity index is 613. The van der Waals surface area contributed by atoms with Gasteiger partial charge in [-0.2, -0.15) is 0 Å². The van der Waals surface area contributed by atoms with Crippen molar-refractivity contribution in [2.45, 2.75) is 32.0 Å². The first-order valence-electron chi connectivity index (χ1n) is 7.74. The molecule has 2 aliphatic heterocycles. The lowest BCUT2D eigenvalue weighted by molar-refractivity contribution is 0.0898. The Morgan fingerprint density at radius 1 is 1.36 bits per heavy atom. The third kappa shape index (κ3) is 2.81. The van der Waals surface area contributed by atoms with Gasteiger partial charge >= 0.3 is 0 Å². The molecule has 0 amide bonds. The maximum atomic E-state index is 6.16. The minimum absolute atomic E-state index is 0.00514. The molecule has 2 unspecified atom stereocenters. The topological polar surface area (TPSA) is 27.7 Å². The van der Waals surface area contributed by atoms with E-state index in [9.17, 15) is 0 Å². The van der Waals surface area contributed by atoms with Crippen molar-refractivity contribution in [3.63, 3.8) is 0 Å². The SMILES string of the molecule is C=C/C=C1\C(=C/COC(C)C)OCC2c3ccccc3OC12. The molecule has 1 aromatic rings. The Hall–Kier alpha value is -2.00. The molecule has 1 aromatic carbocycles. The molecule has 0 saturated carbocycles. The molecule has 3 heteroatoms. The molecule has 1 saturated heterocycles. The summed E-state index contributed by atoms with van der Waals surface area (Å²) in [5.74, 6) is 2.04. The van der Waals surface area contributed by atoms with Gasteiger partial charge in [-0.15, -0.1) is 0 Å². The fraction of sp³-hybridized carbons (Fsp3) is 0.368. The lowest BCUT2D eigenvalue weighted by atomic mass is 9.88. The smallest absolute Gasteiger partial charge is 0.138 e. The lowest BCUT2D eigenvalue weighted by Crippen LogP contribution is -2.31. The van der Waals surface area contributed by atoms with Crippen LogP contribution in [0.4, 0.5) is 0 Å². The Labute approximate surface area is 131 Å². The number of rotatable bonds is 4. The predicted octanol–water partition coefficient (Wildman–Crippen LogP) is 3.98. The molecular weight excluding hydrogens is 276 g/mol. The van der Waals surface area contributed by atoms with Crippen LogP contribution >= 0.6 is 0 Å². The van der Waals surface area contributed by atoms with Crippen molar-refractivity contribution in [1.29, 1.82) is 0 Å². The van der Waals surface area contributed by atoms with Crippen LogP contribution in [0, 0.1) is 0 Å². The zero-order valence-electron chi connectivity index (χ0n) is 13.1. The highest BCUT2D eigenvalue weighted by Crippen LogP contribution is 2.45. The molecule has 3 rings (SSSR count). The van der Waals surface area contributed by atoms with E-state index in [0.29, 0.717) is 13.2 Å². The molecule has 0 N–H and O–H groups in total. The van der Waals surface area contributed by atoms with Gasteiger partial charge in [0.05, 0.1) is 25.2 Å². The Morgan fingerprint density at radius 3 is 2.95 bits per heavy atom. The Kier molecular flexibility index (Phi) is 4.34. The average molecular weight is 298 g/mol.